The number of fused-ring (bicyclic) bond motifs is 2. The van der Waals surface area contributed by atoms with E-state index in [0.29, 0.717) is 35.3 Å². The Morgan fingerprint density at radius 2 is 2.14 bits per heavy atom. The van der Waals surface area contributed by atoms with Crippen molar-refractivity contribution >= 4 is 23.3 Å². The van der Waals surface area contributed by atoms with E-state index in [0.717, 1.165) is 0 Å². The van der Waals surface area contributed by atoms with Crippen LogP contribution in [0.5, 0.6) is 11.5 Å². The molecule has 6 rings (SSSR count). The number of rotatable bonds is 3. The summed E-state index contributed by atoms with van der Waals surface area (Å²) in [6.45, 7) is 2.23. The molecule has 2 fully saturated rings. The number of hydrogen-bond acceptors (Lipinski definition) is 7. The number of ether oxygens (including phenoxy) is 3. The van der Waals surface area contributed by atoms with Gasteiger partial charge >= 0.3 is 0 Å². The maximum Gasteiger partial charge on any atom is 0.235 e. The standard InChI is InChI=1S/C20H17N3O6/c1-10-6-15(22-29-10)23-8-20-5-4-13(28-20)16(17(20)19(23)25)18(24)21-11-2-3-12-14(7-11)27-9-26-12/h2-7,13,16-17H,8-9H2,1H3,(H,21,24)/t13-,16+,17-,20-/m0/s1. The lowest BCUT2D eigenvalue weighted by molar-refractivity contribution is -0.128. The minimum absolute atomic E-state index is 0.159. The van der Waals surface area contributed by atoms with Gasteiger partial charge in [0, 0.05) is 17.8 Å². The van der Waals surface area contributed by atoms with Crippen LogP contribution in [0, 0.1) is 18.8 Å². The Morgan fingerprint density at radius 3 is 2.97 bits per heavy atom. The predicted octanol–water partition coefficient (Wildman–Crippen LogP) is 1.64. The molecule has 2 aromatic rings. The molecule has 2 amide bonds. The first-order valence-corrected chi connectivity index (χ1v) is 9.36. The molecule has 4 aliphatic rings. The van der Waals surface area contributed by atoms with E-state index in [4.69, 9.17) is 18.7 Å². The molecule has 5 heterocycles. The Labute approximate surface area is 165 Å². The third-order valence-corrected chi connectivity index (χ3v) is 5.94. The van der Waals surface area contributed by atoms with Gasteiger partial charge in [0.2, 0.25) is 18.6 Å². The molecule has 0 saturated carbocycles. The fraction of sp³-hybridized carbons (Fsp3) is 0.350. The summed E-state index contributed by atoms with van der Waals surface area (Å²) in [5.74, 6) is 0.574. The van der Waals surface area contributed by atoms with Crippen LogP contribution in [0.15, 0.2) is 40.9 Å². The van der Waals surface area contributed by atoms with E-state index in [1.807, 2.05) is 12.2 Å². The number of aromatic nitrogens is 1. The number of hydrogen-bond donors (Lipinski definition) is 1. The summed E-state index contributed by atoms with van der Waals surface area (Å²) in [6, 6.07) is 6.90. The SMILES string of the molecule is Cc1cc(N2C[C@]34C=C[C@H](O3)[C@@H](C(=O)Nc3ccc5c(c3)OCO5)[C@H]4C2=O)no1. The molecule has 9 heteroatoms. The van der Waals surface area contributed by atoms with E-state index < -0.39 is 23.5 Å². The summed E-state index contributed by atoms with van der Waals surface area (Å²) >= 11 is 0. The average molecular weight is 395 g/mol. The van der Waals surface area contributed by atoms with Gasteiger partial charge in [0.1, 0.15) is 11.4 Å². The molecule has 0 unspecified atom stereocenters. The Morgan fingerprint density at radius 1 is 1.28 bits per heavy atom. The van der Waals surface area contributed by atoms with Gasteiger partial charge in [-0.15, -0.1) is 0 Å². The summed E-state index contributed by atoms with van der Waals surface area (Å²) < 4.78 is 21.9. The Kier molecular flexibility index (Phi) is 3.21. The highest BCUT2D eigenvalue weighted by atomic mass is 16.7. The molecule has 0 radical (unpaired) electrons. The van der Waals surface area contributed by atoms with Crippen molar-refractivity contribution in [1.29, 1.82) is 0 Å². The number of amides is 2. The molecule has 148 valence electrons. The molecule has 1 N–H and O–H groups in total. The van der Waals surface area contributed by atoms with Crippen LogP contribution in [-0.4, -0.2) is 42.0 Å². The topological polar surface area (TPSA) is 103 Å². The van der Waals surface area contributed by atoms with Crippen LogP contribution >= 0.6 is 0 Å². The monoisotopic (exact) mass is 395 g/mol. The molecule has 1 aromatic carbocycles. The average Bonchev–Trinajstić information content (AvgIpc) is 3.49. The van der Waals surface area contributed by atoms with Crippen LogP contribution in [0.2, 0.25) is 0 Å². The summed E-state index contributed by atoms with van der Waals surface area (Å²) in [5, 5.41) is 6.84. The van der Waals surface area contributed by atoms with Crippen molar-refractivity contribution < 1.29 is 28.3 Å². The highest BCUT2D eigenvalue weighted by Crippen LogP contribution is 2.52. The Hall–Kier alpha value is -3.33. The lowest BCUT2D eigenvalue weighted by Crippen LogP contribution is -2.41. The number of nitrogens with zero attached hydrogens (tertiary/aromatic N) is 2. The first-order chi connectivity index (χ1) is 14.0. The van der Waals surface area contributed by atoms with E-state index >= 15 is 0 Å². The largest absolute Gasteiger partial charge is 0.454 e. The fourth-order valence-electron chi connectivity index (χ4n) is 4.67. The predicted molar refractivity (Wildman–Crippen MR) is 98.5 cm³/mol. The molecule has 1 spiro atoms. The van der Waals surface area contributed by atoms with Crippen molar-refractivity contribution in [2.45, 2.75) is 18.6 Å². The number of nitrogens with one attached hydrogen (secondary N) is 1. The molecule has 9 nitrogen and oxygen atoms in total. The van der Waals surface area contributed by atoms with Gasteiger partial charge in [-0.3, -0.25) is 14.5 Å². The van der Waals surface area contributed by atoms with Crippen molar-refractivity contribution in [1.82, 2.24) is 5.16 Å². The Balaban J connectivity index is 1.28. The number of carbonyl (C=O) groups is 2. The lowest BCUT2D eigenvalue weighted by Gasteiger charge is -2.23. The van der Waals surface area contributed by atoms with Crippen molar-refractivity contribution in [3.63, 3.8) is 0 Å². The number of benzene rings is 1. The Bertz CT molecular complexity index is 1080. The first kappa shape index (κ1) is 16.6. The smallest absolute Gasteiger partial charge is 0.235 e. The van der Waals surface area contributed by atoms with Crippen LogP contribution in [0.25, 0.3) is 0 Å². The van der Waals surface area contributed by atoms with Crippen LogP contribution in [0.1, 0.15) is 5.76 Å². The minimum Gasteiger partial charge on any atom is -0.454 e. The number of aryl methyl sites for hydroxylation is 1. The molecular formula is C20H17N3O6. The van der Waals surface area contributed by atoms with Crippen molar-refractivity contribution in [3.8, 4) is 11.5 Å². The van der Waals surface area contributed by atoms with Crippen LogP contribution in [0.4, 0.5) is 11.5 Å². The summed E-state index contributed by atoms with van der Waals surface area (Å²) in [5.41, 5.74) is -0.236. The summed E-state index contributed by atoms with van der Waals surface area (Å²) in [4.78, 5) is 27.9. The highest BCUT2D eigenvalue weighted by Gasteiger charge is 2.67. The van der Waals surface area contributed by atoms with Gasteiger partial charge in [0.05, 0.1) is 24.5 Å². The zero-order valence-electron chi connectivity index (χ0n) is 15.5. The van der Waals surface area contributed by atoms with Crippen LogP contribution < -0.4 is 19.7 Å². The molecule has 2 saturated heterocycles. The van der Waals surface area contributed by atoms with Crippen molar-refractivity contribution in [2.75, 3.05) is 23.6 Å². The number of anilines is 2. The number of carbonyl (C=O) groups excluding carboxylic acids is 2. The molecule has 29 heavy (non-hydrogen) atoms. The fourth-order valence-corrected chi connectivity index (χ4v) is 4.67. The van der Waals surface area contributed by atoms with E-state index in [2.05, 4.69) is 10.5 Å². The molecule has 1 aromatic heterocycles. The van der Waals surface area contributed by atoms with Gasteiger partial charge in [0.15, 0.2) is 17.3 Å². The maximum atomic E-state index is 13.2. The molecule has 4 atom stereocenters. The van der Waals surface area contributed by atoms with Crippen LogP contribution in [0.3, 0.4) is 0 Å². The zero-order valence-corrected chi connectivity index (χ0v) is 15.5. The van der Waals surface area contributed by atoms with Gasteiger partial charge in [-0.05, 0) is 19.1 Å². The van der Waals surface area contributed by atoms with Gasteiger partial charge in [-0.2, -0.15) is 0 Å². The second-order valence-electron chi connectivity index (χ2n) is 7.68. The van der Waals surface area contributed by atoms with Gasteiger partial charge in [-0.1, -0.05) is 17.3 Å². The van der Waals surface area contributed by atoms with Gasteiger partial charge in [0.25, 0.3) is 0 Å². The van der Waals surface area contributed by atoms with E-state index in [-0.39, 0.29) is 18.6 Å². The third kappa shape index (κ3) is 2.27. The van der Waals surface area contributed by atoms with Crippen LogP contribution in [-0.2, 0) is 14.3 Å². The second-order valence-corrected chi connectivity index (χ2v) is 7.68. The van der Waals surface area contributed by atoms with Crippen molar-refractivity contribution in [2.24, 2.45) is 11.8 Å². The van der Waals surface area contributed by atoms with Gasteiger partial charge in [-0.25, -0.2) is 0 Å². The second kappa shape index (κ2) is 5.60. The normalized spacial score (nSPS) is 30.9. The summed E-state index contributed by atoms with van der Waals surface area (Å²) in [6.07, 6.45) is 3.34. The maximum absolute atomic E-state index is 13.2. The third-order valence-electron chi connectivity index (χ3n) is 5.94. The molecule has 0 aliphatic carbocycles. The molecular weight excluding hydrogens is 378 g/mol. The van der Waals surface area contributed by atoms with E-state index in [1.165, 1.54) is 4.90 Å². The lowest BCUT2D eigenvalue weighted by atomic mass is 9.77. The zero-order chi connectivity index (χ0) is 19.8. The quantitative estimate of drug-likeness (QED) is 0.788. The van der Waals surface area contributed by atoms with Gasteiger partial charge < -0.3 is 24.1 Å². The first-order valence-electron chi connectivity index (χ1n) is 9.36. The highest BCUT2D eigenvalue weighted by molar-refractivity contribution is 6.05. The summed E-state index contributed by atoms with van der Waals surface area (Å²) in [7, 11) is 0. The minimum atomic E-state index is -0.814. The molecule has 2 bridgehead atoms. The van der Waals surface area contributed by atoms with E-state index in [1.54, 1.807) is 31.2 Å². The van der Waals surface area contributed by atoms with E-state index in [9.17, 15) is 9.59 Å². The molecule has 4 aliphatic heterocycles. The van der Waals surface area contributed by atoms with Crippen molar-refractivity contribution in [3.05, 3.63) is 42.2 Å².